The van der Waals surface area contributed by atoms with Crippen molar-refractivity contribution in [3.05, 3.63) is 0 Å². The van der Waals surface area contributed by atoms with Gasteiger partial charge in [-0.05, 0) is 45.4 Å². The van der Waals surface area contributed by atoms with E-state index in [1.165, 1.54) is 19.3 Å². The third-order valence-electron chi connectivity index (χ3n) is 4.15. The minimum absolute atomic E-state index is 0.212. The summed E-state index contributed by atoms with van der Waals surface area (Å²) in [6, 6.07) is 0.696. The number of nitrogens with zero attached hydrogens (tertiary/aromatic N) is 1. The predicted molar refractivity (Wildman–Crippen MR) is 65.0 cm³/mol. The quantitative estimate of drug-likeness (QED) is 0.739. The molecule has 92 valence electrons. The van der Waals surface area contributed by atoms with E-state index in [4.69, 9.17) is 5.73 Å². The monoisotopic (exact) mass is 224 g/mol. The number of carbonyl (C=O) groups excluding carboxylic acids is 1. The van der Waals surface area contributed by atoms with Gasteiger partial charge in [-0.3, -0.25) is 4.79 Å². The maximum atomic E-state index is 12.4. The Hall–Kier alpha value is -0.570. The zero-order chi connectivity index (χ0) is 11.5. The second-order valence-electron chi connectivity index (χ2n) is 5.50. The summed E-state index contributed by atoms with van der Waals surface area (Å²) < 4.78 is 0. The maximum Gasteiger partial charge on any atom is 0.225 e. The summed E-state index contributed by atoms with van der Waals surface area (Å²) in [5.74, 6) is 0.589. The predicted octanol–water partition coefficient (Wildman–Crippen LogP) is 1.90. The molecular formula is C13H24N2O. The highest BCUT2D eigenvalue weighted by atomic mass is 16.2. The van der Waals surface area contributed by atoms with E-state index in [0.29, 0.717) is 11.9 Å². The van der Waals surface area contributed by atoms with Crippen molar-refractivity contribution in [1.82, 2.24) is 4.90 Å². The van der Waals surface area contributed by atoms with Crippen molar-refractivity contribution in [2.45, 2.75) is 64.0 Å². The smallest absolute Gasteiger partial charge is 0.225 e. The molecule has 3 unspecified atom stereocenters. The molecule has 1 amide bonds. The van der Waals surface area contributed by atoms with Crippen LogP contribution in [0.2, 0.25) is 0 Å². The molecule has 0 aromatic carbocycles. The number of piperidine rings is 1. The number of nitrogens with two attached hydrogens (primary N) is 1. The first-order valence-corrected chi connectivity index (χ1v) is 6.74. The molecule has 2 N–H and O–H groups in total. The first kappa shape index (κ1) is 11.9. The van der Waals surface area contributed by atoms with Gasteiger partial charge in [0.25, 0.3) is 0 Å². The Bertz CT molecular complexity index is 254. The Kier molecular flexibility index (Phi) is 3.85. The average molecular weight is 224 g/mol. The van der Waals surface area contributed by atoms with Crippen LogP contribution >= 0.6 is 0 Å². The molecule has 0 radical (unpaired) electrons. The molecule has 1 saturated heterocycles. The lowest BCUT2D eigenvalue weighted by molar-refractivity contribution is -0.140. The number of amides is 1. The molecule has 3 heteroatoms. The van der Waals surface area contributed by atoms with E-state index >= 15 is 0 Å². The molecule has 1 saturated carbocycles. The number of rotatable bonds is 1. The summed E-state index contributed by atoms with van der Waals surface area (Å²) in [6.45, 7) is 3.14. The van der Waals surface area contributed by atoms with Gasteiger partial charge in [0.1, 0.15) is 0 Å². The lowest BCUT2D eigenvalue weighted by Crippen LogP contribution is -2.47. The van der Waals surface area contributed by atoms with E-state index in [2.05, 4.69) is 11.8 Å². The molecule has 3 nitrogen and oxygen atoms in total. The van der Waals surface area contributed by atoms with Crippen LogP contribution in [0.25, 0.3) is 0 Å². The molecule has 2 aliphatic rings. The van der Waals surface area contributed by atoms with Gasteiger partial charge in [-0.1, -0.05) is 6.42 Å². The number of carbonyl (C=O) groups is 1. The second-order valence-corrected chi connectivity index (χ2v) is 5.50. The Morgan fingerprint density at radius 2 is 2.00 bits per heavy atom. The van der Waals surface area contributed by atoms with E-state index in [1.807, 2.05) is 0 Å². The highest BCUT2D eigenvalue weighted by molar-refractivity contribution is 5.79. The van der Waals surface area contributed by atoms with Crippen LogP contribution in [0, 0.1) is 5.92 Å². The fraction of sp³-hybridized carbons (Fsp3) is 0.923. The van der Waals surface area contributed by atoms with Crippen molar-refractivity contribution in [3.8, 4) is 0 Å². The third kappa shape index (κ3) is 2.57. The summed E-state index contributed by atoms with van der Waals surface area (Å²) in [6.07, 6.45) is 7.80. The summed E-state index contributed by atoms with van der Waals surface area (Å²) in [5, 5.41) is 0. The van der Waals surface area contributed by atoms with Gasteiger partial charge in [0, 0.05) is 24.5 Å². The van der Waals surface area contributed by atoms with Crippen LogP contribution in [0.15, 0.2) is 0 Å². The molecule has 16 heavy (non-hydrogen) atoms. The van der Waals surface area contributed by atoms with E-state index in [-0.39, 0.29) is 12.0 Å². The Balaban J connectivity index is 1.94. The van der Waals surface area contributed by atoms with Crippen LogP contribution in [-0.2, 0) is 4.79 Å². The molecule has 0 aromatic rings. The summed E-state index contributed by atoms with van der Waals surface area (Å²) in [4.78, 5) is 14.5. The van der Waals surface area contributed by atoms with Crippen LogP contribution in [-0.4, -0.2) is 29.4 Å². The lowest BCUT2D eigenvalue weighted by Gasteiger charge is -2.37. The molecule has 0 spiro atoms. The fourth-order valence-electron chi connectivity index (χ4n) is 3.11. The largest absolute Gasteiger partial charge is 0.340 e. The van der Waals surface area contributed by atoms with Crippen molar-refractivity contribution >= 4 is 5.91 Å². The fourth-order valence-corrected chi connectivity index (χ4v) is 3.11. The van der Waals surface area contributed by atoms with Crippen LogP contribution in [0.5, 0.6) is 0 Å². The lowest BCUT2D eigenvalue weighted by atomic mass is 9.84. The van der Waals surface area contributed by atoms with Gasteiger partial charge in [0.2, 0.25) is 5.91 Å². The molecule has 0 bridgehead atoms. The third-order valence-corrected chi connectivity index (χ3v) is 4.15. The van der Waals surface area contributed by atoms with E-state index in [1.54, 1.807) is 0 Å². The molecular weight excluding hydrogens is 200 g/mol. The summed E-state index contributed by atoms with van der Waals surface area (Å²) >= 11 is 0. The van der Waals surface area contributed by atoms with Crippen molar-refractivity contribution in [1.29, 1.82) is 0 Å². The molecule has 1 heterocycles. The second kappa shape index (κ2) is 5.17. The van der Waals surface area contributed by atoms with E-state index < -0.39 is 0 Å². The van der Waals surface area contributed by atoms with Crippen LogP contribution in [0.1, 0.15) is 51.9 Å². The first-order valence-electron chi connectivity index (χ1n) is 6.74. The van der Waals surface area contributed by atoms with Crippen molar-refractivity contribution in [2.24, 2.45) is 11.7 Å². The maximum absolute atomic E-state index is 12.4. The van der Waals surface area contributed by atoms with Crippen molar-refractivity contribution in [2.75, 3.05) is 6.54 Å². The minimum atomic E-state index is 0.212. The van der Waals surface area contributed by atoms with Crippen LogP contribution < -0.4 is 5.73 Å². The zero-order valence-electron chi connectivity index (χ0n) is 10.3. The molecule has 3 atom stereocenters. The van der Waals surface area contributed by atoms with Gasteiger partial charge in [-0.15, -0.1) is 0 Å². The standard InChI is InChI=1S/C13H24N2O/c1-10-5-2-3-8-15(10)13(16)11-6-4-7-12(14)9-11/h10-12H,2-9,14H2,1H3. The topological polar surface area (TPSA) is 46.3 Å². The minimum Gasteiger partial charge on any atom is -0.340 e. The first-order chi connectivity index (χ1) is 7.68. The van der Waals surface area contributed by atoms with Gasteiger partial charge in [-0.2, -0.15) is 0 Å². The van der Waals surface area contributed by atoms with Crippen LogP contribution in [0.4, 0.5) is 0 Å². The van der Waals surface area contributed by atoms with Crippen molar-refractivity contribution < 1.29 is 4.79 Å². The molecule has 1 aliphatic carbocycles. The molecule has 0 aromatic heterocycles. The number of likely N-dealkylation sites (tertiary alicyclic amines) is 1. The van der Waals surface area contributed by atoms with Crippen LogP contribution in [0.3, 0.4) is 0 Å². The Labute approximate surface area is 98.4 Å². The van der Waals surface area contributed by atoms with Gasteiger partial charge in [-0.25, -0.2) is 0 Å². The number of hydrogen-bond acceptors (Lipinski definition) is 2. The van der Waals surface area contributed by atoms with Gasteiger partial charge >= 0.3 is 0 Å². The summed E-state index contributed by atoms with van der Waals surface area (Å²) in [5.41, 5.74) is 5.96. The van der Waals surface area contributed by atoms with E-state index in [0.717, 1.165) is 32.2 Å². The van der Waals surface area contributed by atoms with Gasteiger partial charge < -0.3 is 10.6 Å². The van der Waals surface area contributed by atoms with Gasteiger partial charge in [0.05, 0.1) is 0 Å². The normalized spacial score (nSPS) is 36.1. The van der Waals surface area contributed by atoms with E-state index in [9.17, 15) is 4.79 Å². The highest BCUT2D eigenvalue weighted by Crippen LogP contribution is 2.27. The number of hydrogen-bond donors (Lipinski definition) is 1. The average Bonchev–Trinajstić information content (AvgIpc) is 2.29. The Morgan fingerprint density at radius 3 is 2.69 bits per heavy atom. The molecule has 1 aliphatic heterocycles. The van der Waals surface area contributed by atoms with Gasteiger partial charge in [0.15, 0.2) is 0 Å². The Morgan fingerprint density at radius 1 is 1.19 bits per heavy atom. The van der Waals surface area contributed by atoms with Crippen molar-refractivity contribution in [3.63, 3.8) is 0 Å². The highest BCUT2D eigenvalue weighted by Gasteiger charge is 2.31. The molecule has 2 rings (SSSR count). The summed E-state index contributed by atoms with van der Waals surface area (Å²) in [7, 11) is 0. The molecule has 2 fully saturated rings. The SMILES string of the molecule is CC1CCCCN1C(=O)C1CCCC(N)C1. The zero-order valence-corrected chi connectivity index (χ0v) is 10.3.